The highest BCUT2D eigenvalue weighted by atomic mass is 35.5. The number of halogens is 1. The van der Waals surface area contributed by atoms with Crippen molar-refractivity contribution in [1.29, 1.82) is 0 Å². The lowest BCUT2D eigenvalue weighted by atomic mass is 9.85. The van der Waals surface area contributed by atoms with Gasteiger partial charge in [0.15, 0.2) is 5.13 Å². The Kier molecular flexibility index (Phi) is 13.0. The molecule has 16 nitrogen and oxygen atoms in total. The summed E-state index contributed by atoms with van der Waals surface area (Å²) < 4.78 is 24.3. The SMILES string of the molecule is CC[C@H]1C[C@]1(NC(=O)[C@@H]1C[C@@H](Oc2cc(-c3csc(NC(C)C)n3)nc3c(Cl)c(OCCN4CCOCC4)ccc23)CN1C(=O)[C@@H](NC(=O)O[C@@H]1CC2C[C@@H]2C1)C(C)(C)C)C(=O)O. The lowest BCUT2D eigenvalue weighted by Gasteiger charge is -2.35. The second-order valence-corrected chi connectivity index (χ2v) is 20.4. The molecular formula is C45H60ClN7O9S. The molecule has 8 rings (SSSR count). The molecule has 5 fully saturated rings. The Balaban J connectivity index is 1.09. The Morgan fingerprint density at radius 2 is 1.78 bits per heavy atom. The van der Waals surface area contributed by atoms with Gasteiger partial charge in [0.2, 0.25) is 11.8 Å². The number of carbonyl (C=O) groups is 4. The first-order valence-corrected chi connectivity index (χ1v) is 23.6. The van der Waals surface area contributed by atoms with E-state index in [2.05, 4.69) is 20.9 Å². The van der Waals surface area contributed by atoms with Gasteiger partial charge in [-0.25, -0.2) is 19.6 Å². The second-order valence-electron chi connectivity index (χ2n) is 19.2. The van der Waals surface area contributed by atoms with Gasteiger partial charge in [-0.1, -0.05) is 45.7 Å². The van der Waals surface area contributed by atoms with Crippen molar-refractivity contribution in [3.8, 4) is 22.9 Å². The van der Waals surface area contributed by atoms with Crippen LogP contribution in [-0.4, -0.2) is 131 Å². The summed E-state index contributed by atoms with van der Waals surface area (Å²) in [4.78, 5) is 68.5. The van der Waals surface area contributed by atoms with Crippen molar-refractivity contribution in [2.45, 2.75) is 116 Å². The summed E-state index contributed by atoms with van der Waals surface area (Å²) in [6.07, 6.45) is 2.11. The predicted molar refractivity (Wildman–Crippen MR) is 238 cm³/mol. The van der Waals surface area contributed by atoms with Crippen molar-refractivity contribution in [3.63, 3.8) is 0 Å². The van der Waals surface area contributed by atoms with Crippen LogP contribution in [0.3, 0.4) is 0 Å². The number of aliphatic carboxylic acids is 1. The number of aromatic nitrogens is 2. The number of amides is 3. The lowest BCUT2D eigenvalue weighted by molar-refractivity contribution is -0.146. The summed E-state index contributed by atoms with van der Waals surface area (Å²) in [6.45, 7) is 15.6. The Labute approximate surface area is 377 Å². The van der Waals surface area contributed by atoms with Crippen LogP contribution >= 0.6 is 22.9 Å². The van der Waals surface area contributed by atoms with Crippen LogP contribution in [0, 0.1) is 23.2 Å². The highest BCUT2D eigenvalue weighted by molar-refractivity contribution is 7.14. The Morgan fingerprint density at radius 3 is 2.44 bits per heavy atom. The van der Waals surface area contributed by atoms with Crippen LogP contribution in [0.4, 0.5) is 9.93 Å². The molecule has 2 aliphatic heterocycles. The molecule has 1 aromatic carbocycles. The number of likely N-dealkylation sites (tertiary alicyclic amines) is 1. The van der Waals surface area contributed by atoms with Gasteiger partial charge in [0.05, 0.1) is 31.0 Å². The fraction of sp³-hybridized carbons (Fsp3) is 0.644. The van der Waals surface area contributed by atoms with Crippen LogP contribution in [0.2, 0.25) is 5.02 Å². The molecule has 3 aromatic rings. The molecule has 342 valence electrons. The first-order chi connectivity index (χ1) is 30.0. The molecule has 4 heterocycles. The van der Waals surface area contributed by atoms with Crippen molar-refractivity contribution in [1.82, 2.24) is 30.4 Å². The van der Waals surface area contributed by atoms with Gasteiger partial charge < -0.3 is 44.9 Å². The maximum absolute atomic E-state index is 14.8. The highest BCUT2D eigenvalue weighted by Gasteiger charge is 2.61. The van der Waals surface area contributed by atoms with Gasteiger partial charge in [-0.3, -0.25) is 14.5 Å². The number of anilines is 1. The number of alkyl carbamates (subject to hydrolysis) is 1. The molecule has 3 amide bonds. The number of thiazole rings is 1. The minimum absolute atomic E-state index is 0.0295. The highest BCUT2D eigenvalue weighted by Crippen LogP contribution is 2.52. The van der Waals surface area contributed by atoms with Crippen molar-refractivity contribution in [2.24, 2.45) is 23.2 Å². The van der Waals surface area contributed by atoms with E-state index in [0.29, 0.717) is 89.9 Å². The van der Waals surface area contributed by atoms with Crippen LogP contribution < -0.4 is 25.4 Å². The molecule has 2 saturated heterocycles. The van der Waals surface area contributed by atoms with Crippen molar-refractivity contribution >= 4 is 62.8 Å². The number of carboxylic acid groups (broad SMARTS) is 1. The molecular weight excluding hydrogens is 850 g/mol. The summed E-state index contributed by atoms with van der Waals surface area (Å²) >= 11 is 8.55. The number of rotatable bonds is 16. The number of carboxylic acids is 1. The van der Waals surface area contributed by atoms with Crippen LogP contribution in [-0.2, 0) is 23.9 Å². The molecule has 3 saturated carbocycles. The molecule has 18 heteroatoms. The minimum atomic E-state index is -1.42. The third-order valence-corrected chi connectivity index (χ3v) is 14.2. The number of nitrogens with one attached hydrogen (secondary N) is 3. The van der Waals surface area contributed by atoms with Gasteiger partial charge >= 0.3 is 12.1 Å². The zero-order valence-corrected chi connectivity index (χ0v) is 38.5. The lowest BCUT2D eigenvalue weighted by Crippen LogP contribution is -2.59. The zero-order valence-electron chi connectivity index (χ0n) is 36.9. The average molecular weight is 911 g/mol. The van der Waals surface area contributed by atoms with Crippen LogP contribution in [0.15, 0.2) is 23.6 Å². The van der Waals surface area contributed by atoms with Gasteiger partial charge in [0.1, 0.15) is 58.7 Å². The van der Waals surface area contributed by atoms with E-state index in [1.165, 1.54) is 22.7 Å². The molecule has 5 aliphatic rings. The first kappa shape index (κ1) is 45.1. The van der Waals surface area contributed by atoms with Crippen LogP contribution in [0.1, 0.15) is 80.1 Å². The van der Waals surface area contributed by atoms with Crippen LogP contribution in [0.25, 0.3) is 22.3 Å². The molecule has 0 radical (unpaired) electrons. The fourth-order valence-electron chi connectivity index (χ4n) is 9.38. The number of pyridine rings is 1. The molecule has 63 heavy (non-hydrogen) atoms. The van der Waals surface area contributed by atoms with E-state index in [0.717, 1.165) is 31.1 Å². The van der Waals surface area contributed by atoms with E-state index in [1.54, 1.807) is 12.1 Å². The number of morpholine rings is 1. The normalized spacial score (nSPS) is 27.1. The predicted octanol–water partition coefficient (Wildman–Crippen LogP) is 6.20. The molecule has 1 unspecified atom stereocenters. The van der Waals surface area contributed by atoms with Crippen molar-refractivity contribution < 1.29 is 43.2 Å². The van der Waals surface area contributed by atoms with E-state index in [4.69, 9.17) is 40.5 Å². The number of hydrogen-bond acceptors (Lipinski definition) is 13. The monoisotopic (exact) mass is 909 g/mol. The summed E-state index contributed by atoms with van der Waals surface area (Å²) in [5.74, 6) is -0.376. The summed E-state index contributed by atoms with van der Waals surface area (Å²) in [5.41, 5.74) is -0.683. The maximum atomic E-state index is 14.8. The van der Waals surface area contributed by atoms with Gasteiger partial charge in [-0.15, -0.1) is 11.3 Å². The Morgan fingerprint density at radius 1 is 1.03 bits per heavy atom. The van der Waals surface area contributed by atoms with Crippen LogP contribution in [0.5, 0.6) is 11.5 Å². The van der Waals surface area contributed by atoms with E-state index >= 15 is 0 Å². The molecule has 3 aliphatic carbocycles. The smallest absolute Gasteiger partial charge is 0.408 e. The Hall–Kier alpha value is -4.45. The third kappa shape index (κ3) is 9.96. The Bertz CT molecular complexity index is 2200. The topological polar surface area (TPSA) is 194 Å². The van der Waals surface area contributed by atoms with E-state index < -0.39 is 53.0 Å². The maximum Gasteiger partial charge on any atom is 0.408 e. The van der Waals surface area contributed by atoms with Crippen molar-refractivity contribution in [3.05, 3.63) is 28.6 Å². The van der Waals surface area contributed by atoms with Gasteiger partial charge in [0, 0.05) is 48.9 Å². The van der Waals surface area contributed by atoms with Gasteiger partial charge in [0.25, 0.3) is 0 Å². The third-order valence-electron chi connectivity index (χ3n) is 13.1. The van der Waals surface area contributed by atoms with E-state index in [-0.39, 0.29) is 31.0 Å². The van der Waals surface area contributed by atoms with E-state index in [1.807, 2.05) is 53.0 Å². The van der Waals surface area contributed by atoms with Gasteiger partial charge in [-0.2, -0.15) is 0 Å². The number of hydrogen-bond donors (Lipinski definition) is 4. The molecule has 8 atom stereocenters. The molecule has 0 bridgehead atoms. The quantitative estimate of drug-likeness (QED) is 0.127. The van der Waals surface area contributed by atoms with E-state index in [9.17, 15) is 24.3 Å². The number of carbonyl (C=O) groups excluding carboxylic acids is 3. The number of nitrogens with zero attached hydrogens (tertiary/aromatic N) is 4. The molecule has 2 aromatic heterocycles. The molecule has 0 spiro atoms. The second kappa shape index (κ2) is 18.2. The largest absolute Gasteiger partial charge is 0.491 e. The number of ether oxygens (including phenoxy) is 4. The summed E-state index contributed by atoms with van der Waals surface area (Å²) in [5, 5.41) is 22.7. The summed E-state index contributed by atoms with van der Waals surface area (Å²) in [6, 6.07) is 3.38. The van der Waals surface area contributed by atoms with Crippen molar-refractivity contribution in [2.75, 3.05) is 51.3 Å². The zero-order chi connectivity index (χ0) is 44.8. The standard InChI is InChI=1S/C45H60ClN7O9S/c1-7-27-21-45(27,41(56)57)51-39(54)33-19-29(22-53(33)40(55)38(44(4,5)6)50-43(58)62-28-17-25-16-26(25)18-28)61-35-20-31(32-23-63-42(49-32)47-24(2)3)48-37-30(35)8-9-34(36(37)46)60-15-12-52-10-13-59-14-11-52/h8-9,20,23-29,33,38H,7,10-19,21-22H2,1-6H3,(H,47,49)(H,50,58)(H,51,54)(H,56,57)/t25-,26?,27+,28+,29-,33+,38-,45-/m1/s1. The first-order valence-electron chi connectivity index (χ1n) is 22.3. The number of fused-ring (bicyclic) bond motifs is 2. The molecule has 4 N–H and O–H groups in total. The minimum Gasteiger partial charge on any atom is -0.491 e. The fourth-order valence-corrected chi connectivity index (χ4v) is 10.5. The van der Waals surface area contributed by atoms with Gasteiger partial charge in [-0.05, 0) is 74.8 Å². The summed E-state index contributed by atoms with van der Waals surface area (Å²) in [7, 11) is 0. The average Bonchev–Trinajstić information content (AvgIpc) is 3.91. The number of benzene rings is 1.